The highest BCUT2D eigenvalue weighted by molar-refractivity contribution is 6.07. The number of carbonyl (C=O) groups is 1. The molecule has 0 spiro atoms. The molecule has 0 bridgehead atoms. The topological polar surface area (TPSA) is 75.4 Å². The van der Waals surface area contributed by atoms with Crippen LogP contribution < -0.4 is 5.73 Å². The second-order valence-electron chi connectivity index (χ2n) is 7.03. The van der Waals surface area contributed by atoms with Gasteiger partial charge in [0.15, 0.2) is 0 Å². The number of benzene rings is 2. The molecule has 1 amide bonds. The van der Waals surface area contributed by atoms with E-state index in [9.17, 15) is 4.79 Å². The van der Waals surface area contributed by atoms with Crippen molar-refractivity contribution in [3.8, 4) is 0 Å². The molecule has 2 heterocycles. The van der Waals surface area contributed by atoms with Gasteiger partial charge < -0.3 is 10.6 Å². The number of nitrogens with two attached hydrogens (primary N) is 1. The van der Waals surface area contributed by atoms with E-state index in [2.05, 4.69) is 14.9 Å². The molecule has 1 aliphatic rings. The maximum Gasteiger partial charge on any atom is 0.254 e. The Morgan fingerprint density at radius 2 is 2.04 bits per heavy atom. The Kier molecular flexibility index (Phi) is 4.73. The van der Waals surface area contributed by atoms with E-state index in [-0.39, 0.29) is 11.9 Å². The number of nitrogen functional groups attached to an aromatic ring is 1. The maximum absolute atomic E-state index is 13.1. The molecule has 1 aromatic heterocycles. The SMILES string of the molecule is CN(Cc1nccc(N)n1)[C@H]1CCN(C(=O)c2cccc3ccccc23)C1. The van der Waals surface area contributed by atoms with Crippen molar-refractivity contribution < 1.29 is 4.79 Å². The highest BCUT2D eigenvalue weighted by atomic mass is 16.2. The third-order valence-corrected chi connectivity index (χ3v) is 5.21. The molecular formula is C21H23N5O. The largest absolute Gasteiger partial charge is 0.384 e. The average molecular weight is 361 g/mol. The van der Waals surface area contributed by atoms with Crippen LogP contribution in [0.1, 0.15) is 22.6 Å². The van der Waals surface area contributed by atoms with Gasteiger partial charge in [0.2, 0.25) is 0 Å². The van der Waals surface area contributed by atoms with Crippen LogP contribution in [0.2, 0.25) is 0 Å². The van der Waals surface area contributed by atoms with Gasteiger partial charge in [-0.1, -0.05) is 36.4 Å². The number of hydrogen-bond acceptors (Lipinski definition) is 5. The van der Waals surface area contributed by atoms with Gasteiger partial charge in [-0.3, -0.25) is 9.69 Å². The molecule has 0 saturated carbocycles. The van der Waals surface area contributed by atoms with Crippen molar-refractivity contribution in [2.45, 2.75) is 19.0 Å². The average Bonchev–Trinajstić information content (AvgIpc) is 3.17. The first-order valence-electron chi connectivity index (χ1n) is 9.16. The molecule has 4 rings (SSSR count). The summed E-state index contributed by atoms with van der Waals surface area (Å²) in [6.45, 7) is 2.09. The molecular weight excluding hydrogens is 338 g/mol. The Morgan fingerprint density at radius 3 is 2.89 bits per heavy atom. The molecule has 0 aliphatic carbocycles. The lowest BCUT2D eigenvalue weighted by molar-refractivity contribution is 0.0781. The molecule has 6 heteroatoms. The van der Waals surface area contributed by atoms with Crippen molar-refractivity contribution in [1.82, 2.24) is 19.8 Å². The minimum atomic E-state index is 0.0999. The number of amides is 1. The van der Waals surface area contributed by atoms with E-state index < -0.39 is 0 Å². The summed E-state index contributed by atoms with van der Waals surface area (Å²) in [4.78, 5) is 25.8. The standard InChI is InChI=1S/C21H23N5O/c1-25(14-20-23-11-9-19(22)24-20)16-10-12-26(13-16)21(27)18-8-4-6-15-5-2-3-7-17(15)18/h2-9,11,16H,10,12-14H2,1H3,(H2,22,23,24)/t16-/m0/s1. The summed E-state index contributed by atoms with van der Waals surface area (Å²) in [5.41, 5.74) is 6.51. The lowest BCUT2D eigenvalue weighted by Gasteiger charge is -2.24. The highest BCUT2D eigenvalue weighted by Crippen LogP contribution is 2.23. The van der Waals surface area contributed by atoms with Crippen LogP contribution in [0.4, 0.5) is 5.82 Å². The number of carbonyl (C=O) groups excluding carboxylic acids is 1. The van der Waals surface area contributed by atoms with Gasteiger partial charge in [0.25, 0.3) is 5.91 Å². The Labute approximate surface area is 158 Å². The summed E-state index contributed by atoms with van der Waals surface area (Å²) >= 11 is 0. The van der Waals surface area contributed by atoms with Crippen LogP contribution in [-0.4, -0.2) is 51.9 Å². The Hall–Kier alpha value is -2.99. The molecule has 2 aromatic carbocycles. The fourth-order valence-corrected chi connectivity index (χ4v) is 3.71. The van der Waals surface area contributed by atoms with Crippen LogP contribution in [0.3, 0.4) is 0 Å². The van der Waals surface area contributed by atoms with Crippen LogP contribution in [0.25, 0.3) is 10.8 Å². The van der Waals surface area contributed by atoms with E-state index in [1.165, 1.54) is 0 Å². The molecule has 1 saturated heterocycles. The van der Waals surface area contributed by atoms with Crippen LogP contribution in [0.15, 0.2) is 54.7 Å². The van der Waals surface area contributed by atoms with Crippen molar-refractivity contribution in [2.24, 2.45) is 0 Å². The lowest BCUT2D eigenvalue weighted by Crippen LogP contribution is -2.36. The first-order valence-corrected chi connectivity index (χ1v) is 9.16. The number of nitrogens with zero attached hydrogens (tertiary/aromatic N) is 4. The van der Waals surface area contributed by atoms with Crippen molar-refractivity contribution >= 4 is 22.5 Å². The normalized spacial score (nSPS) is 17.0. The van der Waals surface area contributed by atoms with Crippen LogP contribution in [0.5, 0.6) is 0 Å². The van der Waals surface area contributed by atoms with Crippen molar-refractivity contribution in [3.63, 3.8) is 0 Å². The summed E-state index contributed by atoms with van der Waals surface area (Å²) < 4.78 is 0. The minimum Gasteiger partial charge on any atom is -0.384 e. The molecule has 138 valence electrons. The van der Waals surface area contributed by atoms with E-state index in [1.807, 2.05) is 54.4 Å². The smallest absolute Gasteiger partial charge is 0.254 e. The molecule has 6 nitrogen and oxygen atoms in total. The summed E-state index contributed by atoms with van der Waals surface area (Å²) in [6, 6.07) is 15.9. The first kappa shape index (κ1) is 17.4. The Bertz CT molecular complexity index is 968. The first-order chi connectivity index (χ1) is 13.1. The van der Waals surface area contributed by atoms with E-state index in [0.29, 0.717) is 24.7 Å². The number of hydrogen-bond donors (Lipinski definition) is 1. The lowest BCUT2D eigenvalue weighted by atomic mass is 10.0. The van der Waals surface area contributed by atoms with Crippen molar-refractivity contribution in [3.05, 3.63) is 66.1 Å². The molecule has 3 aromatic rings. The summed E-state index contributed by atoms with van der Waals surface area (Å²) in [7, 11) is 2.04. The molecule has 1 atom stereocenters. The van der Waals surface area contributed by atoms with E-state index >= 15 is 0 Å². The fraction of sp³-hybridized carbons (Fsp3) is 0.286. The van der Waals surface area contributed by atoms with Gasteiger partial charge >= 0.3 is 0 Å². The van der Waals surface area contributed by atoms with Gasteiger partial charge in [-0.15, -0.1) is 0 Å². The quantitative estimate of drug-likeness (QED) is 0.773. The highest BCUT2D eigenvalue weighted by Gasteiger charge is 2.30. The zero-order valence-corrected chi connectivity index (χ0v) is 15.4. The maximum atomic E-state index is 13.1. The molecule has 0 radical (unpaired) electrons. The van der Waals surface area contributed by atoms with Gasteiger partial charge in [0, 0.05) is 30.9 Å². The van der Waals surface area contributed by atoms with Gasteiger partial charge in [0.1, 0.15) is 11.6 Å². The zero-order valence-electron chi connectivity index (χ0n) is 15.4. The Balaban J connectivity index is 1.46. The predicted molar refractivity (Wildman–Crippen MR) is 106 cm³/mol. The van der Waals surface area contributed by atoms with Gasteiger partial charge in [-0.25, -0.2) is 9.97 Å². The molecule has 27 heavy (non-hydrogen) atoms. The van der Waals surface area contributed by atoms with E-state index in [1.54, 1.807) is 12.3 Å². The number of aromatic nitrogens is 2. The molecule has 0 unspecified atom stereocenters. The van der Waals surface area contributed by atoms with Crippen molar-refractivity contribution in [2.75, 3.05) is 25.9 Å². The molecule has 2 N–H and O–H groups in total. The minimum absolute atomic E-state index is 0.0999. The number of rotatable bonds is 4. The number of likely N-dealkylation sites (tertiary alicyclic amines) is 1. The van der Waals surface area contributed by atoms with Gasteiger partial charge in [0.05, 0.1) is 6.54 Å². The van der Waals surface area contributed by atoms with Gasteiger partial charge in [-0.2, -0.15) is 0 Å². The molecule has 1 aliphatic heterocycles. The summed E-state index contributed by atoms with van der Waals surface area (Å²) in [6.07, 6.45) is 2.62. The summed E-state index contributed by atoms with van der Waals surface area (Å²) in [5.74, 6) is 1.28. The third-order valence-electron chi connectivity index (χ3n) is 5.21. The van der Waals surface area contributed by atoms with E-state index in [0.717, 1.165) is 29.3 Å². The molecule has 1 fully saturated rings. The third kappa shape index (κ3) is 3.61. The fourth-order valence-electron chi connectivity index (χ4n) is 3.71. The van der Waals surface area contributed by atoms with Crippen molar-refractivity contribution in [1.29, 1.82) is 0 Å². The number of likely N-dealkylation sites (N-methyl/N-ethyl adjacent to an activating group) is 1. The van der Waals surface area contributed by atoms with E-state index in [4.69, 9.17) is 5.73 Å². The van der Waals surface area contributed by atoms with Crippen LogP contribution in [-0.2, 0) is 6.54 Å². The number of anilines is 1. The zero-order chi connectivity index (χ0) is 18.8. The number of fused-ring (bicyclic) bond motifs is 1. The second-order valence-corrected chi connectivity index (χ2v) is 7.03. The monoisotopic (exact) mass is 361 g/mol. The Morgan fingerprint density at radius 1 is 1.22 bits per heavy atom. The van der Waals surface area contributed by atoms with Crippen LogP contribution >= 0.6 is 0 Å². The van der Waals surface area contributed by atoms with Crippen LogP contribution in [0, 0.1) is 0 Å². The predicted octanol–water partition coefficient (Wildman–Crippen LogP) is 2.56. The second kappa shape index (κ2) is 7.32. The summed E-state index contributed by atoms with van der Waals surface area (Å²) in [5, 5.41) is 2.10. The van der Waals surface area contributed by atoms with Gasteiger partial charge in [-0.05, 0) is 36.4 Å².